The molecular formula is C16H16Cl2FNO. The topological polar surface area (TPSA) is 35.2 Å². The summed E-state index contributed by atoms with van der Waals surface area (Å²) < 4.78 is 19.2. The van der Waals surface area contributed by atoms with Crippen LogP contribution in [-0.4, -0.2) is 12.1 Å². The number of hydrogen-bond donors (Lipinski definition) is 1. The fourth-order valence-corrected chi connectivity index (χ4v) is 2.35. The van der Waals surface area contributed by atoms with Crippen LogP contribution in [0.1, 0.15) is 12.5 Å². The average molecular weight is 328 g/mol. The molecule has 21 heavy (non-hydrogen) atoms. The first-order chi connectivity index (χ1) is 9.97. The summed E-state index contributed by atoms with van der Waals surface area (Å²) in [5.74, 6) is 0.209. The summed E-state index contributed by atoms with van der Waals surface area (Å²) in [6.45, 7) is 1.86. The molecule has 0 bridgehead atoms. The van der Waals surface area contributed by atoms with E-state index in [9.17, 15) is 4.39 Å². The maximum absolute atomic E-state index is 13.4. The number of nitrogens with two attached hydrogens (primary N) is 1. The summed E-state index contributed by atoms with van der Waals surface area (Å²) in [5.41, 5.74) is 6.79. The fraction of sp³-hybridized carbons (Fsp3) is 0.250. The highest BCUT2D eigenvalue weighted by Crippen LogP contribution is 2.23. The lowest BCUT2D eigenvalue weighted by molar-refractivity contribution is 0.189. The van der Waals surface area contributed by atoms with Crippen LogP contribution in [0.2, 0.25) is 10.0 Å². The largest absolute Gasteiger partial charge is 0.489 e. The summed E-state index contributed by atoms with van der Waals surface area (Å²) in [4.78, 5) is 0. The van der Waals surface area contributed by atoms with Crippen LogP contribution in [0.3, 0.4) is 0 Å². The summed E-state index contributed by atoms with van der Waals surface area (Å²) in [6.07, 6.45) is 0.168. The van der Waals surface area contributed by atoms with Gasteiger partial charge in [-0.3, -0.25) is 0 Å². The smallest absolute Gasteiger partial charge is 0.142 e. The first-order valence-corrected chi connectivity index (χ1v) is 7.33. The highest BCUT2D eigenvalue weighted by molar-refractivity contribution is 6.31. The van der Waals surface area contributed by atoms with Crippen LogP contribution in [0.15, 0.2) is 42.5 Å². The van der Waals surface area contributed by atoms with E-state index < -0.39 is 5.82 Å². The van der Waals surface area contributed by atoms with Crippen LogP contribution in [0.25, 0.3) is 0 Å². The second-order valence-corrected chi connectivity index (χ2v) is 5.68. The number of ether oxygens (including phenoxy) is 1. The summed E-state index contributed by atoms with van der Waals surface area (Å²) >= 11 is 11.8. The molecule has 5 heteroatoms. The lowest BCUT2D eigenvalue weighted by Gasteiger charge is -2.22. The van der Waals surface area contributed by atoms with E-state index in [2.05, 4.69) is 0 Å². The molecule has 2 atom stereocenters. The van der Waals surface area contributed by atoms with Crippen LogP contribution in [-0.2, 0) is 6.42 Å². The van der Waals surface area contributed by atoms with Gasteiger partial charge in [0.25, 0.3) is 0 Å². The number of halogens is 3. The monoisotopic (exact) mass is 327 g/mol. The zero-order chi connectivity index (χ0) is 15.4. The zero-order valence-corrected chi connectivity index (χ0v) is 13.0. The normalized spacial score (nSPS) is 13.8. The van der Waals surface area contributed by atoms with E-state index >= 15 is 0 Å². The Balaban J connectivity index is 2.02. The third kappa shape index (κ3) is 4.34. The predicted molar refractivity (Wildman–Crippen MR) is 84.6 cm³/mol. The van der Waals surface area contributed by atoms with Crippen molar-refractivity contribution in [3.63, 3.8) is 0 Å². The minimum atomic E-state index is -0.440. The van der Waals surface area contributed by atoms with E-state index in [0.29, 0.717) is 22.8 Å². The summed E-state index contributed by atoms with van der Waals surface area (Å²) in [7, 11) is 0. The second kappa shape index (κ2) is 7.12. The van der Waals surface area contributed by atoms with Crippen LogP contribution in [0.5, 0.6) is 5.75 Å². The highest BCUT2D eigenvalue weighted by Gasteiger charge is 2.17. The molecule has 0 heterocycles. The average Bonchev–Trinajstić information content (AvgIpc) is 2.44. The second-order valence-electron chi connectivity index (χ2n) is 4.86. The molecule has 0 saturated heterocycles. The Hall–Kier alpha value is -1.29. The van der Waals surface area contributed by atoms with Crippen LogP contribution in [0, 0.1) is 5.82 Å². The molecule has 0 aliphatic carbocycles. The third-order valence-electron chi connectivity index (χ3n) is 3.21. The van der Waals surface area contributed by atoms with Crippen molar-refractivity contribution in [3.8, 4) is 5.75 Å². The van der Waals surface area contributed by atoms with E-state index in [1.807, 2.05) is 13.0 Å². The lowest BCUT2D eigenvalue weighted by atomic mass is 10.0. The van der Waals surface area contributed by atoms with E-state index in [-0.39, 0.29) is 17.2 Å². The molecule has 0 aliphatic rings. The summed E-state index contributed by atoms with van der Waals surface area (Å²) in [5, 5.41) is 0.712. The Morgan fingerprint density at radius 3 is 2.62 bits per heavy atom. The maximum atomic E-state index is 13.4. The Bertz CT molecular complexity index is 621. The van der Waals surface area contributed by atoms with Crippen molar-refractivity contribution >= 4 is 23.2 Å². The van der Waals surface area contributed by atoms with Crippen molar-refractivity contribution in [1.82, 2.24) is 0 Å². The summed E-state index contributed by atoms with van der Waals surface area (Å²) in [6, 6.07) is 11.5. The minimum Gasteiger partial charge on any atom is -0.489 e. The van der Waals surface area contributed by atoms with Gasteiger partial charge in [-0.15, -0.1) is 0 Å². The van der Waals surface area contributed by atoms with Gasteiger partial charge in [-0.25, -0.2) is 4.39 Å². The van der Waals surface area contributed by atoms with Crippen molar-refractivity contribution in [3.05, 3.63) is 63.9 Å². The quantitative estimate of drug-likeness (QED) is 0.879. The van der Waals surface area contributed by atoms with E-state index in [4.69, 9.17) is 33.7 Å². The molecule has 0 spiro atoms. The van der Waals surface area contributed by atoms with Crippen LogP contribution in [0.4, 0.5) is 4.39 Å². The molecule has 0 saturated carbocycles. The number of benzene rings is 2. The van der Waals surface area contributed by atoms with Gasteiger partial charge < -0.3 is 10.5 Å². The van der Waals surface area contributed by atoms with E-state index in [1.54, 1.807) is 30.3 Å². The number of hydrogen-bond acceptors (Lipinski definition) is 2. The van der Waals surface area contributed by atoms with Crippen LogP contribution >= 0.6 is 23.2 Å². The first kappa shape index (κ1) is 16.1. The standard InChI is InChI=1S/C16H16Cl2FNO/c1-10(21-13-6-3-5-12(17)9-13)15(20)8-11-4-2-7-14(19)16(11)18/h2-7,9-10,15H,8,20H2,1H3. The van der Waals surface area contributed by atoms with Gasteiger partial charge in [-0.2, -0.15) is 0 Å². The van der Waals surface area contributed by atoms with Gasteiger partial charge in [0.05, 0.1) is 5.02 Å². The van der Waals surface area contributed by atoms with Gasteiger partial charge >= 0.3 is 0 Å². The van der Waals surface area contributed by atoms with Crippen molar-refractivity contribution in [2.75, 3.05) is 0 Å². The Morgan fingerprint density at radius 2 is 1.90 bits per heavy atom. The van der Waals surface area contributed by atoms with E-state index in [1.165, 1.54) is 6.07 Å². The van der Waals surface area contributed by atoms with Gasteiger partial charge in [0.15, 0.2) is 0 Å². The van der Waals surface area contributed by atoms with Gasteiger partial charge in [-0.1, -0.05) is 41.4 Å². The molecule has 2 rings (SSSR count). The molecule has 112 valence electrons. The Labute approximate surface area is 133 Å². The van der Waals surface area contributed by atoms with E-state index in [0.717, 1.165) is 0 Å². The van der Waals surface area contributed by atoms with Gasteiger partial charge in [-0.05, 0) is 43.2 Å². The molecule has 0 aliphatic heterocycles. The minimum absolute atomic E-state index is 0.114. The SMILES string of the molecule is CC(Oc1cccc(Cl)c1)C(N)Cc1cccc(F)c1Cl. The van der Waals surface area contributed by atoms with Crippen molar-refractivity contribution in [2.45, 2.75) is 25.5 Å². The Kier molecular flexibility index (Phi) is 5.45. The molecule has 0 fully saturated rings. The maximum Gasteiger partial charge on any atom is 0.142 e. The van der Waals surface area contributed by atoms with Crippen molar-refractivity contribution in [2.24, 2.45) is 5.73 Å². The first-order valence-electron chi connectivity index (χ1n) is 6.58. The molecular weight excluding hydrogens is 312 g/mol. The zero-order valence-electron chi connectivity index (χ0n) is 11.5. The lowest BCUT2D eigenvalue weighted by Crippen LogP contribution is -2.38. The fourth-order valence-electron chi connectivity index (χ4n) is 1.97. The predicted octanol–water partition coefficient (Wildman–Crippen LogP) is 4.47. The molecule has 2 unspecified atom stereocenters. The highest BCUT2D eigenvalue weighted by atomic mass is 35.5. The molecule has 2 nitrogen and oxygen atoms in total. The molecule has 0 aromatic heterocycles. The van der Waals surface area contributed by atoms with Gasteiger partial charge in [0.1, 0.15) is 17.7 Å². The Morgan fingerprint density at radius 1 is 1.19 bits per heavy atom. The molecule has 2 aromatic carbocycles. The van der Waals surface area contributed by atoms with Gasteiger partial charge in [0, 0.05) is 11.1 Å². The molecule has 2 aromatic rings. The molecule has 2 N–H and O–H groups in total. The molecule has 0 radical (unpaired) electrons. The van der Waals surface area contributed by atoms with Crippen LogP contribution < -0.4 is 10.5 Å². The van der Waals surface area contributed by atoms with Crippen molar-refractivity contribution < 1.29 is 9.13 Å². The van der Waals surface area contributed by atoms with Crippen molar-refractivity contribution in [1.29, 1.82) is 0 Å². The molecule has 0 amide bonds. The third-order valence-corrected chi connectivity index (χ3v) is 3.87. The van der Waals surface area contributed by atoms with Gasteiger partial charge in [0.2, 0.25) is 0 Å². The number of rotatable bonds is 5.